The first kappa shape index (κ1) is 23.9. The second kappa shape index (κ2) is 11.7. The SMILES string of the molecule is CCOc1cc(C(C)NC(C)c2ccc(OC)c(OCC)c2)ccc1OC.Cl. The predicted molar refractivity (Wildman–Crippen MR) is 116 cm³/mol. The molecule has 0 aliphatic heterocycles. The summed E-state index contributed by atoms with van der Waals surface area (Å²) in [7, 11) is 3.31. The van der Waals surface area contributed by atoms with Gasteiger partial charge < -0.3 is 24.3 Å². The minimum absolute atomic E-state index is 0. The van der Waals surface area contributed by atoms with Crippen LogP contribution in [0.4, 0.5) is 0 Å². The topological polar surface area (TPSA) is 49.0 Å². The van der Waals surface area contributed by atoms with Gasteiger partial charge >= 0.3 is 0 Å². The van der Waals surface area contributed by atoms with Crippen molar-refractivity contribution in [2.24, 2.45) is 0 Å². The van der Waals surface area contributed by atoms with Gasteiger partial charge in [-0.15, -0.1) is 12.4 Å². The van der Waals surface area contributed by atoms with Crippen molar-refractivity contribution >= 4 is 12.4 Å². The molecule has 0 fully saturated rings. The fourth-order valence-electron chi connectivity index (χ4n) is 3.03. The zero-order valence-electron chi connectivity index (χ0n) is 17.6. The second-order valence-corrected chi connectivity index (χ2v) is 6.30. The fourth-order valence-corrected chi connectivity index (χ4v) is 3.03. The van der Waals surface area contributed by atoms with Crippen molar-refractivity contribution in [2.45, 2.75) is 39.8 Å². The van der Waals surface area contributed by atoms with E-state index < -0.39 is 0 Å². The molecule has 156 valence electrons. The molecule has 2 rings (SSSR count). The Kier molecular flexibility index (Phi) is 9.97. The van der Waals surface area contributed by atoms with Crippen LogP contribution in [0, 0.1) is 0 Å². The second-order valence-electron chi connectivity index (χ2n) is 6.30. The molecule has 0 radical (unpaired) electrons. The summed E-state index contributed by atoms with van der Waals surface area (Å²) in [6, 6.07) is 12.4. The molecule has 0 amide bonds. The first-order chi connectivity index (χ1) is 13.0. The van der Waals surface area contributed by atoms with Crippen LogP contribution in [0.3, 0.4) is 0 Å². The smallest absolute Gasteiger partial charge is 0.161 e. The van der Waals surface area contributed by atoms with Crippen LogP contribution in [0.25, 0.3) is 0 Å². The van der Waals surface area contributed by atoms with E-state index in [1.54, 1.807) is 14.2 Å². The van der Waals surface area contributed by atoms with E-state index in [2.05, 4.69) is 31.3 Å². The molecule has 2 aromatic carbocycles. The number of benzene rings is 2. The summed E-state index contributed by atoms with van der Waals surface area (Å²) in [5.74, 6) is 3.03. The standard InChI is InChI=1S/C22H31NO4.ClH/c1-7-26-21-13-17(9-11-19(21)24-5)15(3)23-16(4)18-10-12-20(25-6)22(14-18)27-8-2;/h9-16,23H,7-8H2,1-6H3;1H. The van der Waals surface area contributed by atoms with Gasteiger partial charge in [-0.05, 0) is 63.1 Å². The van der Waals surface area contributed by atoms with Gasteiger partial charge in [0.05, 0.1) is 27.4 Å². The quantitative estimate of drug-likeness (QED) is 0.574. The first-order valence-electron chi connectivity index (χ1n) is 9.41. The van der Waals surface area contributed by atoms with Crippen molar-refractivity contribution in [3.63, 3.8) is 0 Å². The molecule has 2 aromatic rings. The molecule has 28 heavy (non-hydrogen) atoms. The highest BCUT2D eigenvalue weighted by atomic mass is 35.5. The molecule has 0 aliphatic carbocycles. The van der Waals surface area contributed by atoms with Crippen LogP contribution in [0.5, 0.6) is 23.0 Å². The molecule has 0 aromatic heterocycles. The van der Waals surface area contributed by atoms with Crippen LogP contribution >= 0.6 is 12.4 Å². The molecule has 2 unspecified atom stereocenters. The summed E-state index contributed by atoms with van der Waals surface area (Å²) >= 11 is 0. The van der Waals surface area contributed by atoms with Crippen molar-refractivity contribution in [1.82, 2.24) is 5.32 Å². The Bertz CT molecular complexity index is 677. The van der Waals surface area contributed by atoms with Gasteiger partial charge in [-0.3, -0.25) is 0 Å². The monoisotopic (exact) mass is 409 g/mol. The number of methoxy groups -OCH3 is 2. The first-order valence-corrected chi connectivity index (χ1v) is 9.41. The summed E-state index contributed by atoms with van der Waals surface area (Å²) in [5, 5.41) is 3.63. The lowest BCUT2D eigenvalue weighted by molar-refractivity contribution is 0.309. The molecule has 0 heterocycles. The summed E-state index contributed by atoms with van der Waals surface area (Å²) in [6.45, 7) is 9.42. The Morgan fingerprint density at radius 2 is 1.11 bits per heavy atom. The average Bonchev–Trinajstić information content (AvgIpc) is 2.68. The summed E-state index contributed by atoms with van der Waals surface area (Å²) in [5.41, 5.74) is 2.29. The van der Waals surface area contributed by atoms with Gasteiger partial charge in [-0.25, -0.2) is 0 Å². The van der Waals surface area contributed by atoms with E-state index in [1.165, 1.54) is 0 Å². The third-order valence-electron chi connectivity index (χ3n) is 4.48. The fraction of sp³-hybridized carbons (Fsp3) is 0.455. The van der Waals surface area contributed by atoms with Gasteiger partial charge in [0.25, 0.3) is 0 Å². The molecule has 0 aliphatic rings. The zero-order valence-corrected chi connectivity index (χ0v) is 18.4. The van der Waals surface area contributed by atoms with E-state index in [-0.39, 0.29) is 24.5 Å². The molecule has 5 nitrogen and oxygen atoms in total. The van der Waals surface area contributed by atoms with Crippen molar-refractivity contribution in [2.75, 3.05) is 27.4 Å². The van der Waals surface area contributed by atoms with Crippen molar-refractivity contribution < 1.29 is 18.9 Å². The molecule has 0 bridgehead atoms. The molecule has 1 N–H and O–H groups in total. The highest BCUT2D eigenvalue weighted by molar-refractivity contribution is 5.85. The summed E-state index contributed by atoms with van der Waals surface area (Å²) < 4.78 is 22.1. The van der Waals surface area contributed by atoms with E-state index >= 15 is 0 Å². The Labute approximate surface area is 174 Å². The highest BCUT2D eigenvalue weighted by Crippen LogP contribution is 2.33. The maximum absolute atomic E-state index is 5.69. The maximum Gasteiger partial charge on any atom is 0.161 e. The van der Waals surface area contributed by atoms with Crippen LogP contribution in [-0.2, 0) is 0 Å². The summed E-state index contributed by atoms with van der Waals surface area (Å²) in [6.07, 6.45) is 0. The number of hydrogen-bond donors (Lipinski definition) is 1. The van der Waals surface area contributed by atoms with Gasteiger partial charge in [0.2, 0.25) is 0 Å². The molecule has 2 atom stereocenters. The summed E-state index contributed by atoms with van der Waals surface area (Å²) in [4.78, 5) is 0. The van der Waals surface area contributed by atoms with Gasteiger partial charge in [0.15, 0.2) is 23.0 Å². The van der Waals surface area contributed by atoms with E-state index in [0.29, 0.717) is 13.2 Å². The number of ether oxygens (including phenoxy) is 4. The molecular formula is C22H32ClNO4. The van der Waals surface area contributed by atoms with Crippen LogP contribution in [0.2, 0.25) is 0 Å². The van der Waals surface area contributed by atoms with Crippen LogP contribution < -0.4 is 24.3 Å². The van der Waals surface area contributed by atoms with Crippen molar-refractivity contribution in [1.29, 1.82) is 0 Å². The molecule has 0 spiro atoms. The Balaban J connectivity index is 0.00000392. The van der Waals surface area contributed by atoms with E-state index in [9.17, 15) is 0 Å². The van der Waals surface area contributed by atoms with Crippen molar-refractivity contribution in [3.05, 3.63) is 47.5 Å². The lowest BCUT2D eigenvalue weighted by atomic mass is 10.0. The number of nitrogens with one attached hydrogen (secondary N) is 1. The Morgan fingerprint density at radius 1 is 0.714 bits per heavy atom. The Morgan fingerprint density at radius 3 is 1.43 bits per heavy atom. The van der Waals surface area contributed by atoms with Crippen LogP contribution in [0.15, 0.2) is 36.4 Å². The molecule has 0 saturated carbocycles. The third-order valence-corrected chi connectivity index (χ3v) is 4.48. The minimum atomic E-state index is 0. The average molecular weight is 410 g/mol. The number of hydrogen-bond acceptors (Lipinski definition) is 5. The number of halogens is 1. The number of rotatable bonds is 10. The van der Waals surface area contributed by atoms with E-state index in [0.717, 1.165) is 34.1 Å². The van der Waals surface area contributed by atoms with Crippen LogP contribution in [-0.4, -0.2) is 27.4 Å². The highest BCUT2D eigenvalue weighted by Gasteiger charge is 2.15. The largest absolute Gasteiger partial charge is 0.493 e. The van der Waals surface area contributed by atoms with Crippen LogP contribution in [0.1, 0.15) is 50.9 Å². The maximum atomic E-state index is 5.69. The molecule has 6 heteroatoms. The van der Waals surface area contributed by atoms with E-state index in [1.807, 2.05) is 38.1 Å². The zero-order chi connectivity index (χ0) is 19.8. The third kappa shape index (κ3) is 5.94. The molecular weight excluding hydrogens is 378 g/mol. The van der Waals surface area contributed by atoms with Gasteiger partial charge in [-0.1, -0.05) is 12.1 Å². The van der Waals surface area contributed by atoms with Gasteiger partial charge in [-0.2, -0.15) is 0 Å². The minimum Gasteiger partial charge on any atom is -0.493 e. The van der Waals surface area contributed by atoms with Crippen molar-refractivity contribution in [3.8, 4) is 23.0 Å². The lowest BCUT2D eigenvalue weighted by Gasteiger charge is -2.22. The van der Waals surface area contributed by atoms with E-state index in [4.69, 9.17) is 18.9 Å². The molecule has 0 saturated heterocycles. The van der Waals surface area contributed by atoms with Gasteiger partial charge in [0, 0.05) is 12.1 Å². The lowest BCUT2D eigenvalue weighted by Crippen LogP contribution is -2.22. The van der Waals surface area contributed by atoms with Gasteiger partial charge in [0.1, 0.15) is 0 Å². The predicted octanol–water partition coefficient (Wildman–Crippen LogP) is 5.33. The Hall–Kier alpha value is -2.11. The normalized spacial score (nSPS) is 12.5.